The molecule has 1 nitrogen and oxygen atoms in total. The van der Waals surface area contributed by atoms with Gasteiger partial charge < -0.3 is 5.11 Å². The van der Waals surface area contributed by atoms with Crippen molar-refractivity contribution in [1.29, 1.82) is 0 Å². The lowest BCUT2D eigenvalue weighted by atomic mass is 10.1. The van der Waals surface area contributed by atoms with Crippen LogP contribution in [-0.2, 0) is 12.8 Å². The van der Waals surface area contributed by atoms with E-state index in [1.807, 2.05) is 6.07 Å². The maximum atomic E-state index is 10.5. The third-order valence-corrected chi connectivity index (χ3v) is 7.29. The summed E-state index contributed by atoms with van der Waals surface area (Å²) in [6, 6.07) is 4.11. The summed E-state index contributed by atoms with van der Waals surface area (Å²) < 4.78 is 1.57. The van der Waals surface area contributed by atoms with Gasteiger partial charge in [0, 0.05) is 19.1 Å². The second-order valence-electron chi connectivity index (χ2n) is 4.83. The van der Waals surface area contributed by atoms with E-state index in [4.69, 9.17) is 11.6 Å². The number of halogens is 2. The molecule has 2 aromatic rings. The summed E-state index contributed by atoms with van der Waals surface area (Å²) in [4.78, 5) is 3.43. The van der Waals surface area contributed by atoms with Crippen molar-refractivity contribution in [2.24, 2.45) is 0 Å². The average Bonchev–Trinajstić information content (AvgIpc) is 2.87. The fourth-order valence-electron chi connectivity index (χ4n) is 2.46. The maximum absolute atomic E-state index is 10.5. The van der Waals surface area contributed by atoms with Crippen LogP contribution in [0.1, 0.15) is 45.6 Å². The van der Waals surface area contributed by atoms with Crippen LogP contribution in [-0.4, -0.2) is 5.11 Å². The number of aryl methyl sites for hydroxylation is 2. The topological polar surface area (TPSA) is 20.2 Å². The summed E-state index contributed by atoms with van der Waals surface area (Å²) in [6.07, 6.45) is 5.67. The molecule has 1 aliphatic carbocycles. The molecule has 0 saturated heterocycles. The van der Waals surface area contributed by atoms with Crippen molar-refractivity contribution in [2.45, 2.75) is 38.2 Å². The molecule has 0 aromatic carbocycles. The Bertz CT molecular complexity index is 547. The van der Waals surface area contributed by atoms with E-state index in [-0.39, 0.29) is 0 Å². The lowest BCUT2D eigenvalue weighted by Crippen LogP contribution is -1.93. The first kappa shape index (κ1) is 14.1. The summed E-state index contributed by atoms with van der Waals surface area (Å²) in [7, 11) is 0. The second-order valence-corrected chi connectivity index (χ2v) is 8.54. The third kappa shape index (κ3) is 2.93. The Balaban J connectivity index is 1.89. The molecule has 0 fully saturated rings. The van der Waals surface area contributed by atoms with Crippen LogP contribution in [0, 0.1) is 0 Å². The molecule has 5 heteroatoms. The van der Waals surface area contributed by atoms with Gasteiger partial charge in [0.2, 0.25) is 0 Å². The minimum Gasteiger partial charge on any atom is -0.382 e. The summed E-state index contributed by atoms with van der Waals surface area (Å²) in [5.74, 6) is 0. The maximum Gasteiger partial charge on any atom is 0.122 e. The van der Waals surface area contributed by atoms with Crippen LogP contribution in [0.4, 0.5) is 0 Å². The van der Waals surface area contributed by atoms with E-state index in [1.165, 1.54) is 47.5 Å². The molecule has 1 aliphatic rings. The van der Waals surface area contributed by atoms with E-state index < -0.39 is 6.10 Å². The van der Waals surface area contributed by atoms with E-state index in [9.17, 15) is 5.11 Å². The van der Waals surface area contributed by atoms with Gasteiger partial charge in [-0.1, -0.05) is 18.0 Å². The Morgan fingerprint density at radius 1 is 1.11 bits per heavy atom. The Kier molecular flexibility index (Phi) is 4.34. The zero-order valence-corrected chi connectivity index (χ0v) is 14.3. The molecule has 2 aromatic heterocycles. The van der Waals surface area contributed by atoms with E-state index >= 15 is 0 Å². The molecule has 102 valence electrons. The normalized spacial score (nSPS) is 17.0. The van der Waals surface area contributed by atoms with Gasteiger partial charge in [0.25, 0.3) is 0 Å². The van der Waals surface area contributed by atoms with Gasteiger partial charge in [-0.15, -0.1) is 22.7 Å². The summed E-state index contributed by atoms with van der Waals surface area (Å²) in [5, 5.41) is 10.5. The van der Waals surface area contributed by atoms with Crippen molar-refractivity contribution in [3.63, 3.8) is 0 Å². The Hall–Kier alpha value is 0.130. The van der Waals surface area contributed by atoms with Crippen LogP contribution in [0.25, 0.3) is 0 Å². The minimum atomic E-state index is -0.536. The predicted molar refractivity (Wildman–Crippen MR) is 86.7 cm³/mol. The molecule has 0 saturated carbocycles. The van der Waals surface area contributed by atoms with Gasteiger partial charge in [0.1, 0.15) is 10.4 Å². The van der Waals surface area contributed by atoms with E-state index in [0.717, 1.165) is 20.6 Å². The minimum absolute atomic E-state index is 0.536. The van der Waals surface area contributed by atoms with Crippen LogP contribution in [0.15, 0.2) is 16.6 Å². The molecule has 1 N–H and O–H groups in total. The van der Waals surface area contributed by atoms with Gasteiger partial charge in [-0.2, -0.15) is 0 Å². The van der Waals surface area contributed by atoms with Crippen molar-refractivity contribution in [1.82, 2.24) is 0 Å². The van der Waals surface area contributed by atoms with Crippen LogP contribution in [0.3, 0.4) is 0 Å². The molecule has 0 amide bonds. The van der Waals surface area contributed by atoms with Crippen LogP contribution in [0.2, 0.25) is 4.34 Å². The van der Waals surface area contributed by atoms with E-state index in [1.54, 1.807) is 11.3 Å². The molecule has 0 aliphatic heterocycles. The van der Waals surface area contributed by atoms with E-state index in [0.29, 0.717) is 4.34 Å². The van der Waals surface area contributed by atoms with Crippen molar-refractivity contribution in [3.05, 3.63) is 41.1 Å². The first-order valence-electron chi connectivity index (χ1n) is 6.39. The largest absolute Gasteiger partial charge is 0.382 e. The summed E-state index contributed by atoms with van der Waals surface area (Å²) >= 11 is 12.7. The van der Waals surface area contributed by atoms with Gasteiger partial charge in [-0.25, -0.2) is 0 Å². The predicted octanol–water partition coefficient (Wildman–Crippen LogP) is 5.58. The standard InChI is InChI=1S/C14H14BrClOS2/c15-9-7-12(19-14(9)16)13(17)11-6-8-4-2-1-3-5-10(8)18-11/h6-7,13,17H,1-5H2. The van der Waals surface area contributed by atoms with Crippen molar-refractivity contribution in [2.75, 3.05) is 0 Å². The van der Waals surface area contributed by atoms with Crippen molar-refractivity contribution in [3.8, 4) is 0 Å². The number of hydrogen-bond acceptors (Lipinski definition) is 3. The Morgan fingerprint density at radius 3 is 2.58 bits per heavy atom. The Labute approximate surface area is 134 Å². The van der Waals surface area contributed by atoms with Gasteiger partial charge in [0.15, 0.2) is 0 Å². The number of aliphatic hydroxyl groups excluding tert-OH is 1. The molecule has 0 bridgehead atoms. The number of rotatable bonds is 2. The highest BCUT2D eigenvalue weighted by Crippen LogP contribution is 2.40. The Morgan fingerprint density at radius 2 is 1.84 bits per heavy atom. The zero-order valence-electron chi connectivity index (χ0n) is 10.3. The molecule has 1 unspecified atom stereocenters. The first-order valence-corrected chi connectivity index (χ1v) is 9.20. The number of aliphatic hydroxyl groups is 1. The molecule has 3 rings (SSSR count). The molecule has 2 heterocycles. The lowest BCUT2D eigenvalue weighted by Gasteiger charge is -2.05. The monoisotopic (exact) mass is 376 g/mol. The highest BCUT2D eigenvalue weighted by molar-refractivity contribution is 9.10. The molecule has 0 spiro atoms. The van der Waals surface area contributed by atoms with Gasteiger partial charge >= 0.3 is 0 Å². The summed E-state index contributed by atoms with van der Waals surface area (Å²) in [6.45, 7) is 0. The molecule has 1 atom stereocenters. The fourth-order valence-corrected chi connectivity index (χ4v) is 5.54. The van der Waals surface area contributed by atoms with Gasteiger partial charge in [-0.3, -0.25) is 0 Å². The lowest BCUT2D eigenvalue weighted by molar-refractivity contribution is 0.228. The zero-order chi connectivity index (χ0) is 13.4. The SMILES string of the molecule is OC(c1cc(Br)c(Cl)s1)c1cc2c(s1)CCCCC2. The number of thiophene rings is 2. The quantitative estimate of drug-likeness (QED) is 0.678. The average molecular weight is 378 g/mol. The molecular formula is C14H14BrClOS2. The van der Waals surface area contributed by atoms with Crippen molar-refractivity contribution >= 4 is 50.2 Å². The number of fused-ring (bicyclic) bond motifs is 1. The van der Waals surface area contributed by atoms with Crippen LogP contribution in [0.5, 0.6) is 0 Å². The molecule has 0 radical (unpaired) electrons. The van der Waals surface area contributed by atoms with E-state index in [2.05, 4.69) is 22.0 Å². The highest BCUT2D eigenvalue weighted by Gasteiger charge is 2.20. The highest BCUT2D eigenvalue weighted by atomic mass is 79.9. The van der Waals surface area contributed by atoms with Gasteiger partial charge in [-0.05, 0) is 59.3 Å². The smallest absolute Gasteiger partial charge is 0.122 e. The van der Waals surface area contributed by atoms with Crippen molar-refractivity contribution < 1.29 is 5.11 Å². The second kappa shape index (κ2) is 5.86. The summed E-state index contributed by atoms with van der Waals surface area (Å²) in [5.41, 5.74) is 1.44. The first-order chi connectivity index (χ1) is 9.15. The molecular weight excluding hydrogens is 364 g/mol. The third-order valence-electron chi connectivity index (χ3n) is 3.47. The van der Waals surface area contributed by atoms with Crippen LogP contribution >= 0.6 is 50.2 Å². The van der Waals surface area contributed by atoms with Crippen LogP contribution < -0.4 is 0 Å². The number of hydrogen-bond donors (Lipinski definition) is 1. The fraction of sp³-hybridized carbons (Fsp3) is 0.429. The van der Waals surface area contributed by atoms with Gasteiger partial charge in [0.05, 0.1) is 0 Å². The molecule has 19 heavy (non-hydrogen) atoms.